The van der Waals surface area contributed by atoms with E-state index in [0.29, 0.717) is 18.3 Å². The molecule has 0 bridgehead atoms. The van der Waals surface area contributed by atoms with E-state index in [1.54, 1.807) is 6.20 Å². The number of hydrogen-bond donors (Lipinski definition) is 1. The summed E-state index contributed by atoms with van der Waals surface area (Å²) in [5.74, 6) is 0.951. The number of nitrogens with zero attached hydrogens (tertiary/aromatic N) is 5. The summed E-state index contributed by atoms with van der Waals surface area (Å²) in [6.45, 7) is 11.1. The molecule has 7 nitrogen and oxygen atoms in total. The minimum atomic E-state index is 0.211. The quantitative estimate of drug-likeness (QED) is 0.726. The third-order valence-electron chi connectivity index (χ3n) is 5.28. The Morgan fingerprint density at radius 1 is 1.22 bits per heavy atom. The van der Waals surface area contributed by atoms with Crippen molar-refractivity contribution in [3.63, 3.8) is 0 Å². The van der Waals surface area contributed by atoms with Gasteiger partial charge in [0.25, 0.3) is 0 Å². The molecule has 4 heterocycles. The average Bonchev–Trinajstić information content (AvgIpc) is 3.30. The Bertz CT molecular complexity index is 991. The lowest BCUT2D eigenvalue weighted by molar-refractivity contribution is 0.0212. The molecule has 5 rings (SSSR count). The highest BCUT2D eigenvalue weighted by Crippen LogP contribution is 2.28. The molecular weight excluding hydrogens is 340 g/mol. The van der Waals surface area contributed by atoms with Gasteiger partial charge in [-0.05, 0) is 18.2 Å². The molecule has 0 aliphatic carbocycles. The van der Waals surface area contributed by atoms with Crippen LogP contribution >= 0.6 is 0 Å². The van der Waals surface area contributed by atoms with Crippen molar-refractivity contribution in [2.24, 2.45) is 0 Å². The Kier molecular flexibility index (Phi) is 4.00. The van der Waals surface area contributed by atoms with Crippen LogP contribution in [0.15, 0.2) is 42.6 Å². The summed E-state index contributed by atoms with van der Waals surface area (Å²) in [6, 6.07) is 12.3. The van der Waals surface area contributed by atoms with Gasteiger partial charge >= 0.3 is 0 Å². The highest BCUT2D eigenvalue weighted by Gasteiger charge is 2.37. The smallest absolute Gasteiger partial charge is 0.207 e. The normalized spacial score (nSPS) is 22.0. The van der Waals surface area contributed by atoms with Crippen LogP contribution in [0.1, 0.15) is 5.69 Å². The molecule has 7 heteroatoms. The maximum Gasteiger partial charge on any atom is 0.207 e. The molecule has 0 spiro atoms. The number of pyridine rings is 1. The second kappa shape index (κ2) is 6.65. The van der Waals surface area contributed by atoms with Crippen molar-refractivity contribution in [1.82, 2.24) is 19.9 Å². The molecule has 2 aliphatic heterocycles. The van der Waals surface area contributed by atoms with Crippen LogP contribution < -0.4 is 10.2 Å². The highest BCUT2D eigenvalue weighted by molar-refractivity contribution is 5.79. The summed E-state index contributed by atoms with van der Waals surface area (Å²) in [5, 5.41) is 3.55. The van der Waals surface area contributed by atoms with Crippen LogP contribution in [0.3, 0.4) is 0 Å². The van der Waals surface area contributed by atoms with Crippen molar-refractivity contribution in [1.29, 1.82) is 0 Å². The van der Waals surface area contributed by atoms with Crippen LogP contribution in [-0.4, -0.2) is 52.9 Å². The number of imidazole rings is 1. The summed E-state index contributed by atoms with van der Waals surface area (Å²) < 4.78 is 8.14. The van der Waals surface area contributed by atoms with Crippen molar-refractivity contribution in [2.45, 2.75) is 18.7 Å². The molecule has 0 unspecified atom stereocenters. The van der Waals surface area contributed by atoms with E-state index in [0.717, 1.165) is 48.9 Å². The molecule has 1 aromatic carbocycles. The van der Waals surface area contributed by atoms with Crippen molar-refractivity contribution in [3.05, 3.63) is 59.7 Å². The molecule has 2 fully saturated rings. The number of nitrogens with one attached hydrogen (secondary N) is 1. The summed E-state index contributed by atoms with van der Waals surface area (Å²) >= 11 is 0. The Hall–Kier alpha value is -2.95. The van der Waals surface area contributed by atoms with E-state index in [9.17, 15) is 0 Å². The molecule has 0 radical (unpaired) electrons. The molecule has 136 valence electrons. The number of anilines is 1. The first-order valence-electron chi connectivity index (χ1n) is 9.19. The van der Waals surface area contributed by atoms with Gasteiger partial charge in [-0.2, -0.15) is 0 Å². The van der Waals surface area contributed by atoms with E-state index < -0.39 is 0 Å². The molecule has 2 atom stereocenters. The second-order valence-electron chi connectivity index (χ2n) is 6.98. The zero-order valence-electron chi connectivity index (χ0n) is 14.9. The summed E-state index contributed by atoms with van der Waals surface area (Å²) in [4.78, 5) is 15.1. The molecular formula is C20H20N6O. The van der Waals surface area contributed by atoms with Gasteiger partial charge in [-0.1, -0.05) is 18.2 Å². The Morgan fingerprint density at radius 2 is 2.15 bits per heavy atom. The predicted molar refractivity (Wildman–Crippen MR) is 103 cm³/mol. The van der Waals surface area contributed by atoms with Gasteiger partial charge in [0, 0.05) is 25.8 Å². The van der Waals surface area contributed by atoms with Crippen molar-refractivity contribution >= 4 is 22.7 Å². The number of ether oxygens (including phenoxy) is 1. The molecule has 1 N–H and O–H groups in total. The van der Waals surface area contributed by atoms with Gasteiger partial charge in [-0.25, -0.2) is 9.83 Å². The lowest BCUT2D eigenvalue weighted by atomic mass is 10.2. The van der Waals surface area contributed by atoms with Gasteiger partial charge in [-0.15, -0.1) is 0 Å². The van der Waals surface area contributed by atoms with Crippen LogP contribution in [0, 0.1) is 6.57 Å². The topological polar surface area (TPSA) is 59.6 Å². The van der Waals surface area contributed by atoms with Crippen LogP contribution in [0.5, 0.6) is 0 Å². The number of morpholine rings is 1. The molecule has 3 aromatic rings. The first kappa shape index (κ1) is 16.2. The lowest BCUT2D eigenvalue weighted by Gasteiger charge is -2.25. The summed E-state index contributed by atoms with van der Waals surface area (Å²) in [6.07, 6.45) is 1.84. The molecule has 2 aromatic heterocycles. The highest BCUT2D eigenvalue weighted by atomic mass is 16.5. The molecule has 0 saturated carbocycles. The average molecular weight is 360 g/mol. The molecule has 27 heavy (non-hydrogen) atoms. The van der Waals surface area contributed by atoms with Gasteiger partial charge in [0.2, 0.25) is 11.6 Å². The van der Waals surface area contributed by atoms with Gasteiger partial charge in [0.05, 0.1) is 48.6 Å². The Labute approximate surface area is 157 Å². The van der Waals surface area contributed by atoms with Gasteiger partial charge in [0.15, 0.2) is 0 Å². The summed E-state index contributed by atoms with van der Waals surface area (Å²) in [5.41, 5.74) is 3.54. The number of benzene rings is 1. The van der Waals surface area contributed by atoms with Crippen LogP contribution in [0.4, 0.5) is 11.6 Å². The van der Waals surface area contributed by atoms with E-state index >= 15 is 0 Å². The fraction of sp³-hybridized carbons (Fsp3) is 0.350. The second-order valence-corrected chi connectivity index (χ2v) is 6.98. The number of rotatable bonds is 3. The third-order valence-corrected chi connectivity index (χ3v) is 5.28. The van der Waals surface area contributed by atoms with E-state index in [-0.39, 0.29) is 6.10 Å². The number of fused-ring (bicyclic) bond motifs is 2. The van der Waals surface area contributed by atoms with Crippen molar-refractivity contribution < 1.29 is 4.74 Å². The minimum absolute atomic E-state index is 0.211. The maximum atomic E-state index is 7.09. The molecule has 2 saturated heterocycles. The maximum absolute atomic E-state index is 7.09. The van der Waals surface area contributed by atoms with Crippen molar-refractivity contribution in [2.75, 3.05) is 31.1 Å². The van der Waals surface area contributed by atoms with Crippen LogP contribution in [-0.2, 0) is 11.3 Å². The van der Waals surface area contributed by atoms with Gasteiger partial charge in [0.1, 0.15) is 0 Å². The van der Waals surface area contributed by atoms with Gasteiger partial charge in [-0.3, -0.25) is 4.98 Å². The van der Waals surface area contributed by atoms with Crippen LogP contribution in [0.25, 0.3) is 15.9 Å². The van der Waals surface area contributed by atoms with Gasteiger partial charge < -0.3 is 19.5 Å². The monoisotopic (exact) mass is 360 g/mol. The predicted octanol–water partition coefficient (Wildman–Crippen LogP) is 2.21. The first-order valence-corrected chi connectivity index (χ1v) is 9.19. The van der Waals surface area contributed by atoms with E-state index in [1.807, 2.05) is 30.3 Å². The fourth-order valence-corrected chi connectivity index (χ4v) is 3.96. The zero-order chi connectivity index (χ0) is 18.2. The lowest BCUT2D eigenvalue weighted by Crippen LogP contribution is -2.47. The molecule has 0 amide bonds. The van der Waals surface area contributed by atoms with Crippen molar-refractivity contribution in [3.8, 4) is 0 Å². The number of para-hydroxylation sites is 2. The minimum Gasteiger partial charge on any atom is -0.373 e. The zero-order valence-corrected chi connectivity index (χ0v) is 14.9. The van der Waals surface area contributed by atoms with E-state index in [1.165, 1.54) is 0 Å². The molecule has 2 aliphatic rings. The third kappa shape index (κ3) is 2.93. The van der Waals surface area contributed by atoms with E-state index in [2.05, 4.69) is 30.7 Å². The van der Waals surface area contributed by atoms with Crippen LogP contribution in [0.2, 0.25) is 0 Å². The first-order chi connectivity index (χ1) is 13.3. The standard InChI is InChI=1S/C20H20N6O/c1-21-14-6-7-15(23-10-14)11-26-18-5-3-2-4-16(18)24-20(26)25-12-17-19(13-25)27-9-8-22-17/h2-7,10,17,19,22H,8-9,11-13H2/t17-,19+/m1/s1. The number of hydrogen-bond acceptors (Lipinski definition) is 5. The largest absolute Gasteiger partial charge is 0.373 e. The fourth-order valence-electron chi connectivity index (χ4n) is 3.96. The Morgan fingerprint density at radius 3 is 2.96 bits per heavy atom. The number of aromatic nitrogens is 3. The van der Waals surface area contributed by atoms with E-state index in [4.69, 9.17) is 16.3 Å². The SMILES string of the molecule is [C-]#[N+]c1ccc(Cn2c(N3C[C@@H]4OCCN[C@@H]4C3)nc3ccccc32)nc1. The Balaban J connectivity index is 1.52. The summed E-state index contributed by atoms with van der Waals surface area (Å²) in [7, 11) is 0.